The summed E-state index contributed by atoms with van der Waals surface area (Å²) in [6.45, 7) is 1.85. The van der Waals surface area contributed by atoms with Crippen molar-refractivity contribution in [2.24, 2.45) is 0 Å². The van der Waals surface area contributed by atoms with Crippen LogP contribution in [0.3, 0.4) is 0 Å². The molecule has 1 amide bonds. The lowest BCUT2D eigenvalue weighted by molar-refractivity contribution is 0.102. The highest BCUT2D eigenvalue weighted by Crippen LogP contribution is 2.36. The molecule has 4 rings (SSSR count). The Labute approximate surface area is 188 Å². The van der Waals surface area contributed by atoms with E-state index >= 15 is 0 Å². The van der Waals surface area contributed by atoms with Gasteiger partial charge in [-0.05, 0) is 44.7 Å². The lowest BCUT2D eigenvalue weighted by atomic mass is 9.88. The van der Waals surface area contributed by atoms with Crippen molar-refractivity contribution in [3.63, 3.8) is 0 Å². The second-order valence-corrected chi connectivity index (χ2v) is 8.88. The first-order chi connectivity index (χ1) is 14.9. The molecule has 3 heterocycles. The second-order valence-electron chi connectivity index (χ2n) is 7.48. The number of hydrogen-bond acceptors (Lipinski definition) is 8. The Hall–Kier alpha value is -2.62. The van der Waals surface area contributed by atoms with Crippen LogP contribution in [-0.2, 0) is 0 Å². The highest BCUT2D eigenvalue weighted by atomic mass is 35.5. The van der Waals surface area contributed by atoms with Crippen molar-refractivity contribution in [2.75, 3.05) is 12.4 Å². The number of nitrogens with zero attached hydrogens (tertiary/aromatic N) is 4. The Balaban J connectivity index is 1.60. The van der Waals surface area contributed by atoms with Gasteiger partial charge >= 0.3 is 0 Å². The number of anilines is 1. The third-order valence-electron chi connectivity index (χ3n) is 5.34. The highest BCUT2D eigenvalue weighted by Gasteiger charge is 2.25. The largest absolute Gasteiger partial charge is 0.494 e. The van der Waals surface area contributed by atoms with Gasteiger partial charge in [0.15, 0.2) is 0 Å². The smallest absolute Gasteiger partial charge is 0.259 e. The van der Waals surface area contributed by atoms with E-state index in [9.17, 15) is 9.90 Å². The van der Waals surface area contributed by atoms with Crippen LogP contribution in [-0.4, -0.2) is 44.4 Å². The number of methoxy groups -OCH3 is 1. The summed E-state index contributed by atoms with van der Waals surface area (Å²) in [5, 5.41) is 22.5. The van der Waals surface area contributed by atoms with Crippen molar-refractivity contribution >= 4 is 34.0 Å². The van der Waals surface area contributed by atoms with Crippen molar-refractivity contribution in [1.29, 1.82) is 0 Å². The quantitative estimate of drug-likeness (QED) is 0.549. The summed E-state index contributed by atoms with van der Waals surface area (Å²) in [4.78, 5) is 21.4. The van der Waals surface area contributed by atoms with Gasteiger partial charge in [0, 0.05) is 28.9 Å². The van der Waals surface area contributed by atoms with Crippen LogP contribution in [0, 0.1) is 6.92 Å². The number of nitrogens with one attached hydrogen (secondary N) is 1. The summed E-state index contributed by atoms with van der Waals surface area (Å²) >= 11 is 7.46. The normalized spacial score (nSPS) is 18.6. The molecule has 3 aromatic rings. The van der Waals surface area contributed by atoms with E-state index in [4.69, 9.17) is 16.3 Å². The number of rotatable bonds is 5. The fourth-order valence-electron chi connectivity index (χ4n) is 3.69. The van der Waals surface area contributed by atoms with Crippen molar-refractivity contribution in [3.05, 3.63) is 45.9 Å². The van der Waals surface area contributed by atoms with E-state index in [1.807, 2.05) is 13.0 Å². The minimum Gasteiger partial charge on any atom is -0.494 e. The van der Waals surface area contributed by atoms with Crippen LogP contribution in [0.1, 0.15) is 52.7 Å². The zero-order valence-electron chi connectivity index (χ0n) is 17.1. The van der Waals surface area contributed by atoms with E-state index in [-0.39, 0.29) is 17.9 Å². The minimum atomic E-state index is -0.348. The first-order valence-electron chi connectivity index (χ1n) is 9.94. The van der Waals surface area contributed by atoms with Gasteiger partial charge < -0.3 is 9.84 Å². The molecule has 0 atom stereocenters. The zero-order chi connectivity index (χ0) is 22.0. The average Bonchev–Trinajstić information content (AvgIpc) is 3.22. The number of carbonyl (C=O) groups is 1. The van der Waals surface area contributed by atoms with Crippen LogP contribution in [0.5, 0.6) is 5.75 Å². The van der Waals surface area contributed by atoms with Gasteiger partial charge in [0.25, 0.3) is 5.91 Å². The summed E-state index contributed by atoms with van der Waals surface area (Å²) in [7, 11) is 1.54. The van der Waals surface area contributed by atoms with E-state index in [2.05, 4.69) is 25.5 Å². The maximum Gasteiger partial charge on any atom is 0.259 e. The molecule has 0 saturated heterocycles. The molecule has 3 aromatic heterocycles. The summed E-state index contributed by atoms with van der Waals surface area (Å²) in [6.07, 6.45) is 6.10. The number of pyridine rings is 2. The molecule has 8 nitrogen and oxygen atoms in total. The topological polar surface area (TPSA) is 110 Å². The summed E-state index contributed by atoms with van der Waals surface area (Å²) in [6, 6.07) is 3.47. The fourth-order valence-corrected chi connectivity index (χ4v) is 4.76. The van der Waals surface area contributed by atoms with Crippen LogP contribution >= 0.6 is 22.9 Å². The summed E-state index contributed by atoms with van der Waals surface area (Å²) in [5.74, 6) is 0.423. The molecule has 0 aromatic carbocycles. The average molecular weight is 460 g/mol. The molecule has 1 aliphatic carbocycles. The Morgan fingerprint density at radius 1 is 1.16 bits per heavy atom. The van der Waals surface area contributed by atoms with Crippen LogP contribution < -0.4 is 10.1 Å². The highest BCUT2D eigenvalue weighted by molar-refractivity contribution is 7.15. The molecular weight excluding hydrogens is 438 g/mol. The molecule has 0 spiro atoms. The molecule has 31 heavy (non-hydrogen) atoms. The van der Waals surface area contributed by atoms with Crippen molar-refractivity contribution in [1.82, 2.24) is 20.2 Å². The Bertz CT molecular complexity index is 1100. The molecule has 0 bridgehead atoms. The van der Waals surface area contributed by atoms with Gasteiger partial charge in [-0.3, -0.25) is 15.1 Å². The third-order valence-corrected chi connectivity index (χ3v) is 6.54. The number of hydrogen-bond donors (Lipinski definition) is 2. The first kappa shape index (κ1) is 21.6. The maximum absolute atomic E-state index is 13.1. The van der Waals surface area contributed by atoms with E-state index < -0.39 is 0 Å². The first-order valence-corrected chi connectivity index (χ1v) is 11.1. The molecule has 0 radical (unpaired) electrons. The van der Waals surface area contributed by atoms with Crippen molar-refractivity contribution < 1.29 is 14.6 Å². The predicted molar refractivity (Wildman–Crippen MR) is 119 cm³/mol. The molecule has 1 aliphatic rings. The number of aromatic nitrogens is 4. The van der Waals surface area contributed by atoms with Crippen molar-refractivity contribution in [3.8, 4) is 16.9 Å². The second kappa shape index (κ2) is 9.25. The third kappa shape index (κ3) is 4.84. The lowest BCUT2D eigenvalue weighted by Crippen LogP contribution is -2.16. The van der Waals surface area contributed by atoms with Gasteiger partial charge in [-0.25, -0.2) is 4.98 Å². The fraction of sp³-hybridized carbons (Fsp3) is 0.381. The molecule has 1 saturated carbocycles. The Morgan fingerprint density at radius 3 is 2.68 bits per heavy atom. The van der Waals surface area contributed by atoms with Gasteiger partial charge in [-0.15, -0.1) is 10.2 Å². The zero-order valence-corrected chi connectivity index (χ0v) is 18.7. The van der Waals surface area contributed by atoms with Crippen LogP contribution in [0.15, 0.2) is 24.5 Å². The molecule has 162 valence electrons. The molecule has 0 aliphatic heterocycles. The van der Waals surface area contributed by atoms with Gasteiger partial charge in [-0.1, -0.05) is 22.9 Å². The monoisotopic (exact) mass is 459 g/mol. The molecule has 0 unspecified atom stereocenters. The van der Waals surface area contributed by atoms with Crippen molar-refractivity contribution in [2.45, 2.75) is 44.6 Å². The number of ether oxygens (including phenoxy) is 1. The predicted octanol–water partition coefficient (Wildman–Crippen LogP) is 4.24. The molecule has 2 N–H and O–H groups in total. The number of aliphatic hydroxyl groups excluding tert-OH is 1. The lowest BCUT2D eigenvalue weighted by Gasteiger charge is -2.22. The Kier molecular flexibility index (Phi) is 6.45. The summed E-state index contributed by atoms with van der Waals surface area (Å²) < 4.78 is 5.41. The standard InChI is InChI=1S/C21H22ClN5O3S/c1-11-7-14(15-8-18(22)24-10-17(15)30-2)16(9-23-11)19(29)25-21-27-26-20(31-21)12-3-5-13(28)6-4-12/h7-10,12-13,28H,3-6H2,1-2H3,(H,25,27,29)/t12-,13-. The molecular formula is C21H22ClN5O3S. The van der Waals surface area contributed by atoms with E-state index in [1.54, 1.807) is 6.07 Å². The minimum absolute atomic E-state index is 0.227. The number of amides is 1. The van der Waals surface area contributed by atoms with E-state index in [0.29, 0.717) is 32.7 Å². The van der Waals surface area contributed by atoms with Gasteiger partial charge in [0.05, 0.1) is 25.0 Å². The van der Waals surface area contributed by atoms with Gasteiger partial charge in [-0.2, -0.15) is 0 Å². The van der Waals surface area contributed by atoms with E-state index in [1.165, 1.54) is 30.8 Å². The van der Waals surface area contributed by atoms with Crippen LogP contribution in [0.4, 0.5) is 5.13 Å². The van der Waals surface area contributed by atoms with Gasteiger partial charge in [0.1, 0.15) is 15.9 Å². The molecule has 1 fully saturated rings. The number of halogens is 1. The number of aliphatic hydroxyl groups is 1. The Morgan fingerprint density at radius 2 is 1.94 bits per heavy atom. The number of carbonyl (C=O) groups excluding carboxylic acids is 1. The van der Waals surface area contributed by atoms with E-state index in [0.717, 1.165) is 36.4 Å². The van der Waals surface area contributed by atoms with Crippen LogP contribution in [0.2, 0.25) is 5.15 Å². The summed E-state index contributed by atoms with van der Waals surface area (Å²) in [5.41, 5.74) is 2.40. The number of aryl methyl sites for hydroxylation is 1. The molecule has 10 heteroatoms. The maximum atomic E-state index is 13.1. The van der Waals surface area contributed by atoms with Crippen LogP contribution in [0.25, 0.3) is 11.1 Å². The van der Waals surface area contributed by atoms with Gasteiger partial charge in [0.2, 0.25) is 5.13 Å². The SMILES string of the molecule is COc1cnc(Cl)cc1-c1cc(C)ncc1C(=O)Nc1nnc([C@H]2CC[C@H](O)CC2)s1.